The lowest BCUT2D eigenvalue weighted by molar-refractivity contribution is 0.100. The van der Waals surface area contributed by atoms with E-state index in [1.165, 1.54) is 31.4 Å². The third-order valence-electron chi connectivity index (χ3n) is 4.77. The Kier molecular flexibility index (Phi) is 5.77. The molecular weight excluding hydrogens is 376 g/mol. The van der Waals surface area contributed by atoms with Gasteiger partial charge >= 0.3 is 0 Å². The van der Waals surface area contributed by atoms with Gasteiger partial charge in [0.05, 0.1) is 12.7 Å². The lowest BCUT2D eigenvalue weighted by Gasteiger charge is -2.12. The molecule has 3 rings (SSSR count). The highest BCUT2D eigenvalue weighted by atomic mass is 19.1. The fourth-order valence-electron chi connectivity index (χ4n) is 3.37. The van der Waals surface area contributed by atoms with E-state index in [2.05, 4.69) is 4.99 Å². The number of hydrogen-bond donors (Lipinski definition) is 2. The van der Waals surface area contributed by atoms with Crippen LogP contribution in [-0.2, 0) is 4.74 Å². The molecule has 5 nitrogen and oxygen atoms in total. The van der Waals surface area contributed by atoms with E-state index in [1.807, 2.05) is 13.0 Å². The number of guanidine groups is 1. The summed E-state index contributed by atoms with van der Waals surface area (Å²) in [5.41, 5.74) is 12.0. The molecule has 4 N–H and O–H groups in total. The van der Waals surface area contributed by atoms with Crippen LogP contribution in [-0.4, -0.2) is 19.0 Å². The van der Waals surface area contributed by atoms with Crippen LogP contribution in [0, 0.1) is 11.6 Å². The van der Waals surface area contributed by atoms with Crippen molar-refractivity contribution in [2.75, 3.05) is 7.11 Å². The van der Waals surface area contributed by atoms with E-state index >= 15 is 0 Å². The van der Waals surface area contributed by atoms with Gasteiger partial charge in [-0.05, 0) is 60.0 Å². The number of carbonyl (C=O) groups is 1. The minimum Gasteiger partial charge on any atom is -0.496 e. The number of rotatable bonds is 4. The number of allylic oxidation sites excluding steroid dienone is 1. The zero-order valence-corrected chi connectivity index (χ0v) is 16.1. The predicted octanol–water partition coefficient (Wildman–Crippen LogP) is 2.07. The van der Waals surface area contributed by atoms with Gasteiger partial charge in [-0.15, -0.1) is 0 Å². The first-order valence-corrected chi connectivity index (χ1v) is 9.05. The number of benzene rings is 2. The number of aliphatic imine (C=N–C) groups is 1. The van der Waals surface area contributed by atoms with Crippen LogP contribution in [0.25, 0.3) is 11.3 Å². The highest BCUT2D eigenvalue weighted by molar-refractivity contribution is 6.02. The first-order chi connectivity index (χ1) is 13.8. The summed E-state index contributed by atoms with van der Waals surface area (Å²) in [5.74, 6) is -1.82. The number of methoxy groups -OCH3 is 1. The molecule has 0 aromatic heterocycles. The van der Waals surface area contributed by atoms with Crippen LogP contribution >= 0.6 is 0 Å². The summed E-state index contributed by atoms with van der Waals surface area (Å²) in [6.45, 7) is 1.96. The maximum atomic E-state index is 14.7. The number of nitrogens with two attached hydrogens (primary N) is 2. The minimum absolute atomic E-state index is 0.128. The van der Waals surface area contributed by atoms with Crippen LogP contribution in [0.1, 0.15) is 35.7 Å². The second kappa shape index (κ2) is 8.26. The normalized spacial score (nSPS) is 13.3. The summed E-state index contributed by atoms with van der Waals surface area (Å²) < 4.78 is 34.9. The van der Waals surface area contributed by atoms with Gasteiger partial charge < -0.3 is 16.2 Å². The molecule has 7 heteroatoms. The van der Waals surface area contributed by atoms with Crippen molar-refractivity contribution in [3.05, 3.63) is 81.2 Å². The molecule has 0 spiro atoms. The lowest BCUT2D eigenvalue weighted by Crippen LogP contribution is -2.31. The Morgan fingerprint density at radius 3 is 2.41 bits per heavy atom. The average molecular weight is 397 g/mol. The van der Waals surface area contributed by atoms with Gasteiger partial charge in [-0.2, -0.15) is 4.99 Å². The first-order valence-electron chi connectivity index (χ1n) is 9.05. The monoisotopic (exact) mass is 397 g/mol. The molecule has 0 saturated heterocycles. The number of halogens is 2. The molecule has 0 unspecified atom stereocenters. The second-order valence-electron chi connectivity index (χ2n) is 6.58. The molecule has 1 amide bonds. The number of fused-ring (bicyclic) bond motifs is 1. The van der Waals surface area contributed by atoms with Crippen LogP contribution in [0.5, 0.6) is 0 Å². The molecule has 0 heterocycles. The van der Waals surface area contributed by atoms with Gasteiger partial charge in [-0.25, -0.2) is 8.78 Å². The third kappa shape index (κ3) is 4.03. The van der Waals surface area contributed by atoms with E-state index in [1.54, 1.807) is 12.1 Å². The highest BCUT2D eigenvalue weighted by Crippen LogP contribution is 2.28. The van der Waals surface area contributed by atoms with Gasteiger partial charge in [0.15, 0.2) is 5.96 Å². The Morgan fingerprint density at radius 1 is 1.14 bits per heavy atom. The Hall–Kier alpha value is -3.48. The molecule has 150 valence electrons. The molecule has 0 saturated carbocycles. The van der Waals surface area contributed by atoms with Crippen LogP contribution < -0.4 is 21.9 Å². The van der Waals surface area contributed by atoms with Crippen LogP contribution in [0.15, 0.2) is 53.0 Å². The standard InChI is InChI=1S/C22H21F2N3O2/c1-3-12-9-16(20-17(23)5-4-6-18(20)24)15-11-13(21(28)27-22(25)26)7-8-14(15)19(10-12)29-2/h4-8,10-11H,3,9H2,1-2H3,(H4,25,26,27,28). The first kappa shape index (κ1) is 20.3. The molecule has 0 atom stereocenters. The van der Waals surface area contributed by atoms with E-state index in [0.717, 1.165) is 5.57 Å². The second-order valence-corrected chi connectivity index (χ2v) is 6.58. The molecule has 1 aliphatic carbocycles. The SMILES string of the molecule is CCC1=CC(OC)=c2ccc(C(=O)N=C(N)N)cc2=C(c2c(F)cccc2F)C1. The van der Waals surface area contributed by atoms with Gasteiger partial charge in [-0.1, -0.05) is 18.6 Å². The fourth-order valence-corrected chi connectivity index (χ4v) is 3.37. The van der Waals surface area contributed by atoms with Crippen molar-refractivity contribution in [3.8, 4) is 0 Å². The summed E-state index contributed by atoms with van der Waals surface area (Å²) in [6.07, 6.45) is 2.83. The summed E-state index contributed by atoms with van der Waals surface area (Å²) >= 11 is 0. The molecule has 0 aliphatic heterocycles. The lowest BCUT2D eigenvalue weighted by atomic mass is 9.94. The quantitative estimate of drug-likeness (QED) is 0.610. The molecular formula is C22H21F2N3O2. The van der Waals surface area contributed by atoms with Crippen LogP contribution in [0.3, 0.4) is 0 Å². The zero-order chi connectivity index (χ0) is 21.1. The van der Waals surface area contributed by atoms with Crippen molar-refractivity contribution < 1.29 is 18.3 Å². The van der Waals surface area contributed by atoms with Crippen molar-refractivity contribution >= 4 is 23.2 Å². The van der Waals surface area contributed by atoms with E-state index in [9.17, 15) is 13.6 Å². The van der Waals surface area contributed by atoms with E-state index in [0.29, 0.717) is 34.6 Å². The summed E-state index contributed by atoms with van der Waals surface area (Å²) in [4.78, 5) is 15.9. The fraction of sp³-hybridized carbons (Fsp3) is 0.182. The predicted molar refractivity (Wildman–Crippen MR) is 108 cm³/mol. The Bertz CT molecular complexity index is 1140. The van der Waals surface area contributed by atoms with Gasteiger partial charge in [0.1, 0.15) is 17.4 Å². The Morgan fingerprint density at radius 2 is 1.83 bits per heavy atom. The van der Waals surface area contributed by atoms with Gasteiger partial charge in [0.25, 0.3) is 5.91 Å². The molecule has 0 fully saturated rings. The Balaban J connectivity index is 2.46. The zero-order valence-electron chi connectivity index (χ0n) is 16.1. The number of ether oxygens (including phenoxy) is 1. The van der Waals surface area contributed by atoms with Crippen molar-refractivity contribution in [1.82, 2.24) is 0 Å². The highest BCUT2D eigenvalue weighted by Gasteiger charge is 2.19. The van der Waals surface area contributed by atoms with Crippen molar-refractivity contribution in [1.29, 1.82) is 0 Å². The maximum Gasteiger partial charge on any atom is 0.280 e. The van der Waals surface area contributed by atoms with Gasteiger partial charge in [0.2, 0.25) is 0 Å². The molecule has 1 aliphatic rings. The maximum absolute atomic E-state index is 14.7. The number of amides is 1. The van der Waals surface area contributed by atoms with E-state index in [4.69, 9.17) is 16.2 Å². The number of nitrogens with zero attached hydrogens (tertiary/aromatic N) is 1. The van der Waals surface area contributed by atoms with E-state index in [-0.39, 0.29) is 17.1 Å². The summed E-state index contributed by atoms with van der Waals surface area (Å²) in [5, 5.41) is 1.11. The topological polar surface area (TPSA) is 90.7 Å². The van der Waals surface area contributed by atoms with Crippen molar-refractivity contribution in [3.63, 3.8) is 0 Å². The Labute approximate surface area is 166 Å². The smallest absolute Gasteiger partial charge is 0.280 e. The van der Waals surface area contributed by atoms with Gasteiger partial charge in [0, 0.05) is 10.8 Å². The minimum atomic E-state index is -0.678. The number of hydrogen-bond acceptors (Lipinski definition) is 2. The largest absolute Gasteiger partial charge is 0.496 e. The number of carbonyl (C=O) groups excluding carboxylic acids is 1. The summed E-state index contributed by atoms with van der Waals surface area (Å²) in [6, 6.07) is 8.48. The molecule has 0 radical (unpaired) electrons. The third-order valence-corrected chi connectivity index (χ3v) is 4.77. The molecule has 2 aromatic rings. The average Bonchev–Trinajstić information content (AvgIpc) is 2.84. The van der Waals surface area contributed by atoms with Gasteiger partial charge in [-0.3, -0.25) is 4.79 Å². The molecule has 2 aromatic carbocycles. The van der Waals surface area contributed by atoms with Crippen molar-refractivity contribution in [2.45, 2.75) is 19.8 Å². The van der Waals surface area contributed by atoms with E-state index < -0.39 is 17.5 Å². The van der Waals surface area contributed by atoms with Crippen LogP contribution in [0.4, 0.5) is 8.78 Å². The molecule has 29 heavy (non-hydrogen) atoms. The van der Waals surface area contributed by atoms with Crippen molar-refractivity contribution in [2.24, 2.45) is 16.5 Å². The summed E-state index contributed by atoms with van der Waals surface area (Å²) in [7, 11) is 1.52. The molecule has 0 bridgehead atoms. The van der Waals surface area contributed by atoms with Crippen LogP contribution in [0.2, 0.25) is 0 Å².